The third-order valence-corrected chi connectivity index (χ3v) is 2.26. The van der Waals surface area contributed by atoms with Crippen molar-refractivity contribution in [2.24, 2.45) is 0 Å². The van der Waals surface area contributed by atoms with Crippen LogP contribution in [0.4, 0.5) is 0 Å². The highest BCUT2D eigenvalue weighted by Crippen LogP contribution is 2.03. The van der Waals surface area contributed by atoms with E-state index in [1.54, 1.807) is 0 Å². The molecule has 0 aliphatic rings. The van der Waals surface area contributed by atoms with Crippen molar-refractivity contribution in [1.82, 2.24) is 0 Å². The second-order valence-corrected chi connectivity index (χ2v) is 3.85. The molecular weight excluding hydrogens is 220 g/mol. The monoisotopic (exact) mass is 242 g/mol. The zero-order valence-corrected chi connectivity index (χ0v) is 11.0. The molecule has 0 rings (SSSR count). The molecule has 18 heavy (non-hydrogen) atoms. The minimum atomic E-state index is -0.773. The van der Waals surface area contributed by atoms with E-state index < -0.39 is 6.10 Å². The third-order valence-electron chi connectivity index (χ3n) is 2.26. The Morgan fingerprint density at radius 1 is 1.00 bits per heavy atom. The van der Waals surface area contributed by atoms with E-state index in [9.17, 15) is 0 Å². The molecule has 1 nitrogen and oxygen atoms in total. The van der Waals surface area contributed by atoms with E-state index in [2.05, 4.69) is 49.0 Å². The van der Waals surface area contributed by atoms with Crippen LogP contribution in [-0.2, 0) is 0 Å². The van der Waals surface area contributed by atoms with Gasteiger partial charge in [-0.15, -0.1) is 6.58 Å². The molecule has 0 spiro atoms. The van der Waals surface area contributed by atoms with E-state index in [0.29, 0.717) is 6.42 Å². The van der Waals surface area contributed by atoms with Gasteiger partial charge in [-0.1, -0.05) is 49.1 Å². The average Bonchev–Trinajstić information content (AvgIpc) is 2.39. The van der Waals surface area contributed by atoms with Crippen LogP contribution >= 0.6 is 0 Å². The van der Waals surface area contributed by atoms with Crippen molar-refractivity contribution in [3.63, 3.8) is 0 Å². The summed E-state index contributed by atoms with van der Waals surface area (Å²) >= 11 is 0. The van der Waals surface area contributed by atoms with Crippen LogP contribution in [-0.4, -0.2) is 11.2 Å². The molecule has 96 valence electrons. The molecule has 0 bridgehead atoms. The highest BCUT2D eigenvalue weighted by molar-refractivity contribution is 5.29. The summed E-state index contributed by atoms with van der Waals surface area (Å²) in [5, 5.41) is 9.04. The molecular formula is C17H22O. The van der Waals surface area contributed by atoms with Gasteiger partial charge in [0.15, 0.2) is 0 Å². The second-order valence-electron chi connectivity index (χ2n) is 3.85. The summed E-state index contributed by atoms with van der Waals surface area (Å²) in [5.41, 5.74) is 0. The van der Waals surface area contributed by atoms with Crippen molar-refractivity contribution in [2.75, 3.05) is 0 Å². The lowest BCUT2D eigenvalue weighted by Gasteiger charge is -1.93. The van der Waals surface area contributed by atoms with Crippen LogP contribution in [0.25, 0.3) is 0 Å². The normalized spacial score (nSPS) is 10.9. The summed E-state index contributed by atoms with van der Waals surface area (Å²) in [4.78, 5) is 0. The van der Waals surface area contributed by atoms with E-state index in [-0.39, 0.29) is 0 Å². The van der Waals surface area contributed by atoms with Gasteiger partial charge in [0.25, 0.3) is 0 Å². The van der Waals surface area contributed by atoms with Crippen LogP contribution in [0.3, 0.4) is 0 Å². The Labute approximate surface area is 111 Å². The molecule has 1 atom stereocenters. The van der Waals surface area contributed by atoms with Crippen LogP contribution in [0.5, 0.6) is 0 Å². The fourth-order valence-electron chi connectivity index (χ4n) is 1.25. The van der Waals surface area contributed by atoms with Crippen LogP contribution in [0.2, 0.25) is 0 Å². The van der Waals surface area contributed by atoms with Gasteiger partial charge >= 0.3 is 0 Å². The Morgan fingerprint density at radius 2 is 1.78 bits per heavy atom. The van der Waals surface area contributed by atoms with E-state index in [0.717, 1.165) is 12.8 Å². The van der Waals surface area contributed by atoms with Gasteiger partial charge in [0.1, 0.15) is 6.10 Å². The maximum Gasteiger partial charge on any atom is 0.134 e. The summed E-state index contributed by atoms with van der Waals surface area (Å²) in [6.45, 7) is 7.12. The summed E-state index contributed by atoms with van der Waals surface area (Å²) in [6.07, 6.45) is 13.5. The number of hydrogen-bond acceptors (Lipinski definition) is 1. The van der Waals surface area contributed by atoms with Crippen LogP contribution in [0.15, 0.2) is 37.5 Å². The second kappa shape index (κ2) is 13.4. The highest BCUT2D eigenvalue weighted by Gasteiger charge is 1.85. The zero-order valence-electron chi connectivity index (χ0n) is 11.0. The molecule has 0 aromatic rings. The largest absolute Gasteiger partial charge is 0.377 e. The van der Waals surface area contributed by atoms with E-state index in [1.807, 2.05) is 6.08 Å². The van der Waals surface area contributed by atoms with Crippen molar-refractivity contribution in [2.45, 2.75) is 44.6 Å². The lowest BCUT2D eigenvalue weighted by Crippen LogP contribution is -1.94. The number of unbranched alkanes of at least 4 members (excludes halogenated alkanes) is 4. The quantitative estimate of drug-likeness (QED) is 0.391. The van der Waals surface area contributed by atoms with Gasteiger partial charge in [-0.25, -0.2) is 0 Å². The van der Waals surface area contributed by atoms with Gasteiger partial charge in [-0.3, -0.25) is 0 Å². The van der Waals surface area contributed by atoms with E-state index in [4.69, 9.17) is 5.11 Å². The molecule has 0 aliphatic carbocycles. The first-order valence-electron chi connectivity index (χ1n) is 6.36. The number of aliphatic hydroxyl groups is 1. The Balaban J connectivity index is 3.52. The SMILES string of the molecule is C=CCCCCC/C=C\CC#CC#C[C@@H](O)C=C. The van der Waals surface area contributed by atoms with Crippen LogP contribution < -0.4 is 0 Å². The summed E-state index contributed by atoms with van der Waals surface area (Å²) < 4.78 is 0. The number of aliphatic hydroxyl groups excluding tert-OH is 1. The lowest BCUT2D eigenvalue weighted by atomic mass is 10.1. The summed E-state index contributed by atoms with van der Waals surface area (Å²) in [5.74, 6) is 10.7. The van der Waals surface area contributed by atoms with Gasteiger partial charge in [-0.2, -0.15) is 0 Å². The number of rotatable bonds is 8. The molecule has 0 aliphatic heterocycles. The summed E-state index contributed by atoms with van der Waals surface area (Å²) in [6, 6.07) is 0. The summed E-state index contributed by atoms with van der Waals surface area (Å²) in [7, 11) is 0. The van der Waals surface area contributed by atoms with Gasteiger partial charge in [0.2, 0.25) is 0 Å². The predicted molar refractivity (Wildman–Crippen MR) is 78.8 cm³/mol. The lowest BCUT2D eigenvalue weighted by molar-refractivity contribution is 0.281. The maximum atomic E-state index is 9.04. The van der Waals surface area contributed by atoms with Gasteiger partial charge in [0.05, 0.1) is 0 Å². The Kier molecular flexibility index (Phi) is 12.1. The molecule has 0 fully saturated rings. The number of allylic oxidation sites excluding steroid dienone is 3. The fraction of sp³-hybridized carbons (Fsp3) is 0.412. The van der Waals surface area contributed by atoms with Gasteiger partial charge in [0, 0.05) is 6.42 Å². The molecule has 0 amide bonds. The van der Waals surface area contributed by atoms with Crippen molar-refractivity contribution in [1.29, 1.82) is 0 Å². The highest BCUT2D eigenvalue weighted by atomic mass is 16.3. The molecule has 0 heterocycles. The molecule has 0 radical (unpaired) electrons. The van der Waals surface area contributed by atoms with Crippen molar-refractivity contribution in [3.8, 4) is 23.7 Å². The molecule has 1 heteroatoms. The Morgan fingerprint density at radius 3 is 2.50 bits per heavy atom. The molecule has 0 aromatic carbocycles. The van der Waals surface area contributed by atoms with Gasteiger partial charge < -0.3 is 5.11 Å². The average molecular weight is 242 g/mol. The fourth-order valence-corrected chi connectivity index (χ4v) is 1.25. The van der Waals surface area contributed by atoms with Gasteiger partial charge in [-0.05, 0) is 37.5 Å². The smallest absolute Gasteiger partial charge is 0.134 e. The minimum Gasteiger partial charge on any atom is -0.377 e. The Bertz CT molecular complexity index is 368. The maximum absolute atomic E-state index is 9.04. The molecule has 1 N–H and O–H groups in total. The first-order chi connectivity index (χ1) is 8.81. The predicted octanol–water partition coefficient (Wildman–Crippen LogP) is 3.62. The molecule has 0 saturated heterocycles. The van der Waals surface area contributed by atoms with Crippen LogP contribution in [0, 0.1) is 23.7 Å². The molecule has 0 saturated carbocycles. The first-order valence-corrected chi connectivity index (χ1v) is 6.36. The zero-order chi connectivity index (χ0) is 13.5. The number of hydrogen-bond donors (Lipinski definition) is 1. The topological polar surface area (TPSA) is 20.2 Å². The molecule has 0 aromatic heterocycles. The standard InChI is InChI=1S/C17H22O/c1-3-5-6-7-8-9-10-11-12-13-14-15-16-17(18)4-2/h3-4,10-11,17-18H,1-2,5-9,12H2/b11-10-/t17-/m0/s1. The third kappa shape index (κ3) is 12.4. The molecule has 0 unspecified atom stereocenters. The van der Waals surface area contributed by atoms with Crippen LogP contribution in [0.1, 0.15) is 38.5 Å². The minimum absolute atomic E-state index is 0.714. The Hall–Kier alpha value is -1.70. The van der Waals surface area contributed by atoms with Crippen molar-refractivity contribution >= 4 is 0 Å². The van der Waals surface area contributed by atoms with E-state index >= 15 is 0 Å². The van der Waals surface area contributed by atoms with Crippen molar-refractivity contribution in [3.05, 3.63) is 37.5 Å². The van der Waals surface area contributed by atoms with Crippen molar-refractivity contribution < 1.29 is 5.11 Å². The first kappa shape index (κ1) is 16.3. The van der Waals surface area contributed by atoms with E-state index in [1.165, 1.54) is 25.3 Å².